The first kappa shape index (κ1) is 14.3. The number of hydrazine groups is 1. The van der Waals surface area contributed by atoms with E-state index < -0.39 is 0 Å². The van der Waals surface area contributed by atoms with Crippen LogP contribution in [0.25, 0.3) is 0 Å². The van der Waals surface area contributed by atoms with E-state index in [0.717, 1.165) is 10.0 Å². The Kier molecular flexibility index (Phi) is 4.75. The molecule has 0 aliphatic rings. The lowest BCUT2D eigenvalue weighted by atomic mass is 9.96. The van der Waals surface area contributed by atoms with Crippen LogP contribution in [0.2, 0.25) is 0 Å². The van der Waals surface area contributed by atoms with Gasteiger partial charge in [0.25, 0.3) is 0 Å². The van der Waals surface area contributed by atoms with E-state index >= 15 is 0 Å². The van der Waals surface area contributed by atoms with Crippen LogP contribution in [0.4, 0.5) is 0 Å². The summed E-state index contributed by atoms with van der Waals surface area (Å²) < 4.78 is 1.07. The van der Waals surface area contributed by atoms with Crippen LogP contribution in [-0.4, -0.2) is 0 Å². The van der Waals surface area contributed by atoms with Gasteiger partial charge in [0.2, 0.25) is 0 Å². The summed E-state index contributed by atoms with van der Waals surface area (Å²) >= 11 is 3.45. The molecule has 0 fully saturated rings. The second kappa shape index (κ2) is 6.33. The summed E-state index contributed by atoms with van der Waals surface area (Å²) in [5, 5.41) is 0. The lowest BCUT2D eigenvalue weighted by molar-refractivity contribution is 0.636. The summed E-state index contributed by atoms with van der Waals surface area (Å²) in [4.78, 5) is 0. The Bertz CT molecular complexity index is 517. The monoisotopic (exact) mass is 318 g/mol. The number of halogens is 1. The highest BCUT2D eigenvalue weighted by Gasteiger charge is 2.12. The number of nitrogens with two attached hydrogens (primary N) is 1. The van der Waals surface area contributed by atoms with E-state index in [2.05, 4.69) is 71.6 Å². The van der Waals surface area contributed by atoms with Gasteiger partial charge in [-0.05, 0) is 34.7 Å². The maximum Gasteiger partial charge on any atom is 0.0710 e. The third-order valence-electron chi connectivity index (χ3n) is 3.31. The first-order valence-electron chi connectivity index (χ1n) is 6.43. The van der Waals surface area contributed by atoms with Gasteiger partial charge >= 0.3 is 0 Å². The minimum Gasteiger partial charge on any atom is -0.271 e. The van der Waals surface area contributed by atoms with Crippen molar-refractivity contribution in [1.29, 1.82) is 0 Å². The van der Waals surface area contributed by atoms with Crippen LogP contribution in [-0.2, 0) is 0 Å². The molecule has 0 aliphatic heterocycles. The average molecular weight is 319 g/mol. The molecule has 2 nitrogen and oxygen atoms in total. The standard InChI is InChI=1S/C16H19BrN2/c1-11(2)12-3-5-13(6-4-12)16(19-18)14-7-9-15(17)10-8-14/h3-11,16,19H,18H2,1-2H3. The summed E-state index contributed by atoms with van der Waals surface area (Å²) in [5.74, 6) is 6.26. The SMILES string of the molecule is CC(C)c1ccc(C(NN)c2ccc(Br)cc2)cc1. The quantitative estimate of drug-likeness (QED) is 0.657. The first-order valence-corrected chi connectivity index (χ1v) is 7.22. The van der Waals surface area contributed by atoms with Crippen LogP contribution >= 0.6 is 15.9 Å². The molecule has 100 valence electrons. The van der Waals surface area contributed by atoms with E-state index in [9.17, 15) is 0 Å². The molecule has 1 atom stereocenters. The molecule has 0 aromatic heterocycles. The van der Waals surface area contributed by atoms with Gasteiger partial charge in [0.05, 0.1) is 6.04 Å². The Balaban J connectivity index is 2.28. The predicted octanol–water partition coefficient (Wildman–Crippen LogP) is 4.13. The summed E-state index contributed by atoms with van der Waals surface area (Å²) in [6, 6.07) is 16.9. The van der Waals surface area contributed by atoms with Crippen molar-refractivity contribution in [2.75, 3.05) is 0 Å². The number of nitrogens with one attached hydrogen (secondary N) is 1. The van der Waals surface area contributed by atoms with Gasteiger partial charge in [0, 0.05) is 4.47 Å². The second-order valence-corrected chi connectivity index (χ2v) is 5.89. The lowest BCUT2D eigenvalue weighted by Gasteiger charge is -2.18. The zero-order chi connectivity index (χ0) is 13.8. The van der Waals surface area contributed by atoms with Gasteiger partial charge in [-0.3, -0.25) is 5.84 Å². The maximum absolute atomic E-state index is 5.71. The molecule has 2 rings (SSSR count). The van der Waals surface area contributed by atoms with Gasteiger partial charge in [0.1, 0.15) is 0 Å². The third-order valence-corrected chi connectivity index (χ3v) is 3.84. The van der Waals surface area contributed by atoms with Crippen LogP contribution in [0.1, 0.15) is 42.5 Å². The highest BCUT2D eigenvalue weighted by Crippen LogP contribution is 2.24. The molecule has 3 N–H and O–H groups in total. The molecule has 0 radical (unpaired) electrons. The fourth-order valence-corrected chi connectivity index (χ4v) is 2.38. The largest absolute Gasteiger partial charge is 0.271 e. The zero-order valence-electron chi connectivity index (χ0n) is 11.2. The molecule has 0 saturated carbocycles. The minimum absolute atomic E-state index is 0.0225. The van der Waals surface area contributed by atoms with Gasteiger partial charge in [-0.25, -0.2) is 5.43 Å². The molecule has 2 aromatic rings. The van der Waals surface area contributed by atoms with Crippen molar-refractivity contribution >= 4 is 15.9 Å². The van der Waals surface area contributed by atoms with Crippen LogP contribution < -0.4 is 11.3 Å². The van der Waals surface area contributed by atoms with Gasteiger partial charge in [0.15, 0.2) is 0 Å². The van der Waals surface area contributed by atoms with Crippen molar-refractivity contribution in [3.63, 3.8) is 0 Å². The van der Waals surface area contributed by atoms with E-state index in [1.165, 1.54) is 11.1 Å². The number of benzene rings is 2. The van der Waals surface area contributed by atoms with E-state index in [1.807, 2.05) is 12.1 Å². The summed E-state index contributed by atoms with van der Waals surface area (Å²) in [5.41, 5.74) is 6.56. The highest BCUT2D eigenvalue weighted by atomic mass is 79.9. The molecule has 2 aromatic carbocycles. The summed E-state index contributed by atoms with van der Waals surface area (Å²) in [6.07, 6.45) is 0. The van der Waals surface area contributed by atoms with Gasteiger partial charge in [-0.1, -0.05) is 66.2 Å². The lowest BCUT2D eigenvalue weighted by Crippen LogP contribution is -2.28. The van der Waals surface area contributed by atoms with Crippen LogP contribution in [0.5, 0.6) is 0 Å². The number of hydrogen-bond donors (Lipinski definition) is 2. The Hall–Kier alpha value is -1.16. The molecule has 0 aliphatic carbocycles. The van der Waals surface area contributed by atoms with Crippen molar-refractivity contribution in [2.45, 2.75) is 25.8 Å². The van der Waals surface area contributed by atoms with E-state index in [1.54, 1.807) is 0 Å². The minimum atomic E-state index is 0.0225. The average Bonchev–Trinajstić information content (AvgIpc) is 2.42. The summed E-state index contributed by atoms with van der Waals surface area (Å²) in [7, 11) is 0. The molecule has 3 heteroatoms. The predicted molar refractivity (Wildman–Crippen MR) is 83.8 cm³/mol. The Morgan fingerprint density at radius 3 is 1.68 bits per heavy atom. The molecule has 1 unspecified atom stereocenters. The molecule has 0 heterocycles. The Morgan fingerprint density at radius 1 is 0.842 bits per heavy atom. The van der Waals surface area contributed by atoms with Crippen molar-refractivity contribution in [2.24, 2.45) is 5.84 Å². The van der Waals surface area contributed by atoms with E-state index in [0.29, 0.717) is 5.92 Å². The zero-order valence-corrected chi connectivity index (χ0v) is 12.8. The smallest absolute Gasteiger partial charge is 0.0710 e. The number of hydrogen-bond acceptors (Lipinski definition) is 2. The molecule has 0 bridgehead atoms. The third kappa shape index (κ3) is 3.44. The van der Waals surface area contributed by atoms with Crippen LogP contribution in [0, 0.1) is 0 Å². The maximum atomic E-state index is 5.71. The fourth-order valence-electron chi connectivity index (χ4n) is 2.11. The van der Waals surface area contributed by atoms with Gasteiger partial charge in [-0.2, -0.15) is 0 Å². The molecule has 19 heavy (non-hydrogen) atoms. The Labute approximate surface area is 123 Å². The van der Waals surface area contributed by atoms with Gasteiger partial charge in [-0.15, -0.1) is 0 Å². The fraction of sp³-hybridized carbons (Fsp3) is 0.250. The van der Waals surface area contributed by atoms with Crippen molar-refractivity contribution in [3.05, 3.63) is 69.7 Å². The van der Waals surface area contributed by atoms with Crippen LogP contribution in [0.3, 0.4) is 0 Å². The van der Waals surface area contributed by atoms with E-state index in [4.69, 9.17) is 5.84 Å². The molecule has 0 spiro atoms. The normalized spacial score (nSPS) is 12.7. The number of rotatable bonds is 4. The molecule has 0 saturated heterocycles. The Morgan fingerprint density at radius 2 is 1.26 bits per heavy atom. The highest BCUT2D eigenvalue weighted by molar-refractivity contribution is 9.10. The van der Waals surface area contributed by atoms with Gasteiger partial charge < -0.3 is 0 Å². The van der Waals surface area contributed by atoms with Crippen LogP contribution in [0.15, 0.2) is 53.0 Å². The first-order chi connectivity index (χ1) is 9.11. The second-order valence-electron chi connectivity index (χ2n) is 4.97. The van der Waals surface area contributed by atoms with E-state index in [-0.39, 0.29) is 6.04 Å². The van der Waals surface area contributed by atoms with Crippen molar-refractivity contribution < 1.29 is 0 Å². The topological polar surface area (TPSA) is 38.0 Å². The van der Waals surface area contributed by atoms with Crippen molar-refractivity contribution in [1.82, 2.24) is 5.43 Å². The molecular formula is C16H19BrN2. The molecule has 0 amide bonds. The van der Waals surface area contributed by atoms with Crippen molar-refractivity contribution in [3.8, 4) is 0 Å². The molecular weight excluding hydrogens is 300 g/mol. The summed E-state index contributed by atoms with van der Waals surface area (Å²) in [6.45, 7) is 4.39.